The van der Waals surface area contributed by atoms with Crippen LogP contribution in [0, 0.1) is 0 Å². The molecule has 0 aromatic rings. The Morgan fingerprint density at radius 1 is 1.50 bits per heavy atom. The van der Waals surface area contributed by atoms with Crippen LogP contribution in [0.4, 0.5) is 0 Å². The van der Waals surface area contributed by atoms with Crippen LogP contribution in [-0.2, 0) is 4.79 Å². The molecule has 0 saturated carbocycles. The molecular formula is C4H9NNaO4+. The minimum Gasteiger partial charge on any atom is -0.480 e. The summed E-state index contributed by atoms with van der Waals surface area (Å²) in [6, 6.07) is 0. The van der Waals surface area contributed by atoms with Crippen molar-refractivity contribution in [1.82, 2.24) is 5.32 Å². The van der Waals surface area contributed by atoms with Crippen molar-refractivity contribution in [2.24, 2.45) is 0 Å². The van der Waals surface area contributed by atoms with Crippen LogP contribution in [0.5, 0.6) is 0 Å². The molecule has 4 N–H and O–H groups in total. The van der Waals surface area contributed by atoms with Crippen molar-refractivity contribution in [3.63, 3.8) is 0 Å². The zero-order chi connectivity index (χ0) is 7.28. The van der Waals surface area contributed by atoms with E-state index in [4.69, 9.17) is 15.3 Å². The van der Waals surface area contributed by atoms with Crippen molar-refractivity contribution >= 4 is 5.97 Å². The second-order valence-corrected chi connectivity index (χ2v) is 1.51. The Bertz CT molecular complexity index is 97.3. The molecular weight excluding hydrogens is 149 g/mol. The van der Waals surface area contributed by atoms with Crippen molar-refractivity contribution in [3.8, 4) is 0 Å². The smallest absolute Gasteiger partial charge is 0.480 e. The number of carboxylic acid groups (broad SMARTS) is 1. The Hall–Kier alpha value is 0.350. The molecule has 0 aliphatic heterocycles. The van der Waals surface area contributed by atoms with Crippen LogP contribution < -0.4 is 34.9 Å². The van der Waals surface area contributed by atoms with Crippen molar-refractivity contribution in [1.29, 1.82) is 0 Å². The first kappa shape index (κ1) is 13.0. The molecule has 0 fully saturated rings. The molecule has 0 bridgehead atoms. The standard InChI is InChI=1S/C4H9NO4.Na/c6-3(7)1-5-2-4(8)9;/h3,5-7H,1-2H2,(H,8,9);/q;+1. The van der Waals surface area contributed by atoms with Gasteiger partial charge in [-0.25, -0.2) is 0 Å². The minimum absolute atomic E-state index is 0. The Morgan fingerprint density at radius 3 is 2.30 bits per heavy atom. The fourth-order valence-corrected chi connectivity index (χ4v) is 0.308. The minimum atomic E-state index is -1.48. The molecule has 0 unspecified atom stereocenters. The Kier molecular flexibility index (Phi) is 9.68. The molecule has 54 valence electrons. The number of nitrogens with one attached hydrogen (secondary N) is 1. The van der Waals surface area contributed by atoms with Gasteiger partial charge in [0, 0.05) is 6.54 Å². The zero-order valence-electron chi connectivity index (χ0n) is 5.74. The fourth-order valence-electron chi connectivity index (χ4n) is 0.308. The molecule has 0 aliphatic rings. The van der Waals surface area contributed by atoms with Crippen molar-refractivity contribution in [3.05, 3.63) is 0 Å². The second kappa shape index (κ2) is 7.46. The summed E-state index contributed by atoms with van der Waals surface area (Å²) in [4.78, 5) is 9.76. The topological polar surface area (TPSA) is 89.8 Å². The van der Waals surface area contributed by atoms with E-state index in [1.165, 1.54) is 0 Å². The second-order valence-electron chi connectivity index (χ2n) is 1.51. The molecule has 0 spiro atoms. The predicted molar refractivity (Wildman–Crippen MR) is 28.7 cm³/mol. The number of aliphatic hydroxyl groups excluding tert-OH is 1. The van der Waals surface area contributed by atoms with Crippen LogP contribution in [0.3, 0.4) is 0 Å². The molecule has 6 heteroatoms. The number of hydrogen-bond acceptors (Lipinski definition) is 4. The number of aliphatic carboxylic acids is 1. The van der Waals surface area contributed by atoms with Gasteiger partial charge in [0.05, 0.1) is 6.54 Å². The first-order chi connectivity index (χ1) is 4.13. The maximum absolute atomic E-state index is 9.76. The summed E-state index contributed by atoms with van der Waals surface area (Å²) in [5.41, 5.74) is 0. The summed E-state index contributed by atoms with van der Waals surface area (Å²) in [5, 5.41) is 26.6. The molecule has 0 aliphatic carbocycles. The van der Waals surface area contributed by atoms with Gasteiger partial charge in [-0.2, -0.15) is 0 Å². The number of rotatable bonds is 4. The molecule has 0 atom stereocenters. The zero-order valence-corrected chi connectivity index (χ0v) is 7.74. The third-order valence-corrected chi connectivity index (χ3v) is 0.603. The number of carbonyl (C=O) groups is 1. The number of hydrogen-bond donors (Lipinski definition) is 4. The molecule has 0 saturated heterocycles. The van der Waals surface area contributed by atoms with Gasteiger partial charge in [0.15, 0.2) is 6.29 Å². The molecule has 0 rings (SSSR count). The maximum Gasteiger partial charge on any atom is 1.00 e. The monoisotopic (exact) mass is 158 g/mol. The molecule has 0 aromatic heterocycles. The molecule has 0 heterocycles. The van der Waals surface area contributed by atoms with Gasteiger partial charge < -0.3 is 20.6 Å². The maximum atomic E-state index is 9.76. The predicted octanol–water partition coefficient (Wildman–Crippen LogP) is -5.02. The van der Waals surface area contributed by atoms with Crippen LogP contribution in [0.25, 0.3) is 0 Å². The number of carboxylic acids is 1. The summed E-state index contributed by atoms with van der Waals surface area (Å²) < 4.78 is 0. The van der Waals surface area contributed by atoms with Gasteiger partial charge in [0.1, 0.15) is 0 Å². The van der Waals surface area contributed by atoms with Crippen molar-refractivity contribution in [2.75, 3.05) is 13.1 Å². The number of aliphatic hydroxyl groups is 2. The summed E-state index contributed by atoms with van der Waals surface area (Å²) in [5.74, 6) is -1.02. The van der Waals surface area contributed by atoms with Gasteiger partial charge in [0.2, 0.25) is 0 Å². The van der Waals surface area contributed by atoms with E-state index in [2.05, 4.69) is 5.32 Å². The largest absolute Gasteiger partial charge is 1.00 e. The third-order valence-electron chi connectivity index (χ3n) is 0.603. The van der Waals surface area contributed by atoms with E-state index < -0.39 is 12.3 Å². The van der Waals surface area contributed by atoms with E-state index >= 15 is 0 Å². The van der Waals surface area contributed by atoms with Gasteiger partial charge in [0.25, 0.3) is 0 Å². The average Bonchev–Trinajstić information content (AvgIpc) is 1.63. The van der Waals surface area contributed by atoms with E-state index in [0.717, 1.165) is 0 Å². The van der Waals surface area contributed by atoms with E-state index in [0.29, 0.717) is 0 Å². The summed E-state index contributed by atoms with van der Waals surface area (Å²) in [6.45, 7) is -0.371. The van der Waals surface area contributed by atoms with Gasteiger partial charge in [-0.3, -0.25) is 4.79 Å². The molecule has 0 aromatic carbocycles. The van der Waals surface area contributed by atoms with E-state index in [9.17, 15) is 4.79 Å². The quantitative estimate of drug-likeness (QED) is 0.243. The van der Waals surface area contributed by atoms with Crippen LogP contribution in [0.15, 0.2) is 0 Å². The first-order valence-corrected chi connectivity index (χ1v) is 2.41. The summed E-state index contributed by atoms with van der Waals surface area (Å²) in [7, 11) is 0. The Labute approximate surface area is 80.3 Å². The molecule has 5 nitrogen and oxygen atoms in total. The van der Waals surface area contributed by atoms with E-state index in [1.807, 2.05) is 0 Å². The molecule has 0 radical (unpaired) electrons. The van der Waals surface area contributed by atoms with Gasteiger partial charge in [-0.1, -0.05) is 0 Å². The Balaban J connectivity index is 0. The average molecular weight is 158 g/mol. The van der Waals surface area contributed by atoms with Gasteiger partial charge in [-0.05, 0) is 0 Å². The van der Waals surface area contributed by atoms with Crippen LogP contribution in [-0.4, -0.2) is 40.7 Å². The van der Waals surface area contributed by atoms with Crippen molar-refractivity contribution < 1.29 is 49.7 Å². The summed E-state index contributed by atoms with van der Waals surface area (Å²) >= 11 is 0. The first-order valence-electron chi connectivity index (χ1n) is 2.41. The molecule has 0 amide bonds. The molecule has 10 heavy (non-hydrogen) atoms. The summed E-state index contributed by atoms with van der Waals surface area (Å²) in [6.07, 6.45) is -1.48. The normalized spacial score (nSPS) is 9.10. The fraction of sp³-hybridized carbons (Fsp3) is 0.750. The van der Waals surface area contributed by atoms with Crippen LogP contribution in [0.2, 0.25) is 0 Å². The van der Waals surface area contributed by atoms with E-state index in [-0.39, 0.29) is 42.6 Å². The Morgan fingerprint density at radius 2 is 2.00 bits per heavy atom. The third kappa shape index (κ3) is 11.2. The van der Waals surface area contributed by atoms with E-state index in [1.54, 1.807) is 0 Å². The van der Waals surface area contributed by atoms with Crippen LogP contribution >= 0.6 is 0 Å². The van der Waals surface area contributed by atoms with Crippen molar-refractivity contribution in [2.45, 2.75) is 6.29 Å². The van der Waals surface area contributed by atoms with Crippen LogP contribution in [0.1, 0.15) is 0 Å². The SMILES string of the molecule is O=C(O)CNCC(O)O.[Na+]. The van der Waals surface area contributed by atoms with Gasteiger partial charge >= 0.3 is 35.5 Å². The van der Waals surface area contributed by atoms with Gasteiger partial charge in [-0.15, -0.1) is 0 Å².